The monoisotopic (exact) mass is 432 g/mol. The summed E-state index contributed by atoms with van der Waals surface area (Å²) in [5.41, 5.74) is 4.88. The Morgan fingerprint density at radius 2 is 1.78 bits per heavy atom. The van der Waals surface area contributed by atoms with Gasteiger partial charge in [0.15, 0.2) is 0 Å². The van der Waals surface area contributed by atoms with Crippen molar-refractivity contribution in [2.75, 3.05) is 0 Å². The Morgan fingerprint density at radius 3 is 2.50 bits per heavy atom. The van der Waals surface area contributed by atoms with Gasteiger partial charge in [0.2, 0.25) is 0 Å². The van der Waals surface area contributed by atoms with Crippen LogP contribution in [0.15, 0.2) is 43.5 Å². The summed E-state index contributed by atoms with van der Waals surface area (Å²) in [6.45, 7) is 3.59. The second-order valence-electron chi connectivity index (χ2n) is 10.5. The lowest BCUT2D eigenvalue weighted by molar-refractivity contribution is -0.0226. The molecular formula is C26H32N4O2. The summed E-state index contributed by atoms with van der Waals surface area (Å²) < 4.78 is 4.07. The van der Waals surface area contributed by atoms with Crippen molar-refractivity contribution >= 4 is 0 Å². The van der Waals surface area contributed by atoms with Crippen molar-refractivity contribution in [3.05, 3.63) is 65.8 Å². The highest BCUT2D eigenvalue weighted by Crippen LogP contribution is 2.61. The molecule has 2 aromatic heterocycles. The minimum Gasteiger partial charge on any atom is -0.507 e. The third-order valence-electron chi connectivity index (χ3n) is 8.96. The van der Waals surface area contributed by atoms with Crippen molar-refractivity contribution in [3.8, 4) is 5.75 Å². The summed E-state index contributed by atoms with van der Waals surface area (Å²) in [5, 5.41) is 22.1. The van der Waals surface area contributed by atoms with E-state index in [9.17, 15) is 10.2 Å². The zero-order chi connectivity index (χ0) is 21.9. The van der Waals surface area contributed by atoms with E-state index in [0.29, 0.717) is 36.6 Å². The highest BCUT2D eigenvalue weighted by atomic mass is 16.3. The number of benzene rings is 1. The molecule has 0 radical (unpaired) electrons. The third-order valence-corrected chi connectivity index (χ3v) is 8.96. The predicted octanol–water partition coefficient (Wildman–Crippen LogP) is 4.10. The van der Waals surface area contributed by atoms with E-state index >= 15 is 0 Å². The van der Waals surface area contributed by atoms with Gasteiger partial charge >= 0.3 is 0 Å². The van der Waals surface area contributed by atoms with Crippen LogP contribution in [0.1, 0.15) is 67.2 Å². The van der Waals surface area contributed by atoms with Gasteiger partial charge in [-0.1, -0.05) is 6.92 Å². The number of imidazole rings is 2. The Kier molecular flexibility index (Phi) is 4.68. The SMILES string of the molecule is C[C@]12CC[C@@H]3c4cc(Cn5ccnc5)c(O)c(Cn5ccnc5)c4CC[C@H]3[C@@H]1CC[C@@H]2O. The highest BCUT2D eigenvalue weighted by Gasteiger charge is 2.54. The lowest BCUT2D eigenvalue weighted by atomic mass is 9.55. The van der Waals surface area contributed by atoms with Crippen LogP contribution in [-0.4, -0.2) is 35.4 Å². The smallest absolute Gasteiger partial charge is 0.125 e. The van der Waals surface area contributed by atoms with E-state index < -0.39 is 0 Å². The van der Waals surface area contributed by atoms with E-state index in [1.807, 2.05) is 34.2 Å². The molecule has 2 saturated carbocycles. The molecule has 168 valence electrons. The molecule has 0 bridgehead atoms. The lowest BCUT2D eigenvalue weighted by Gasteiger charge is -2.50. The second kappa shape index (κ2) is 7.48. The number of hydrogen-bond acceptors (Lipinski definition) is 4. The molecule has 6 heteroatoms. The maximum atomic E-state index is 11.4. The molecule has 5 atom stereocenters. The first-order chi connectivity index (χ1) is 15.5. The maximum Gasteiger partial charge on any atom is 0.125 e. The Morgan fingerprint density at radius 1 is 1.03 bits per heavy atom. The number of phenolic OH excluding ortho intramolecular Hbond substituents is 1. The molecule has 0 saturated heterocycles. The molecule has 2 heterocycles. The molecule has 3 aliphatic rings. The number of nitrogens with zero attached hydrogens (tertiary/aromatic N) is 4. The van der Waals surface area contributed by atoms with Gasteiger partial charge in [-0.15, -0.1) is 0 Å². The molecule has 2 N–H and O–H groups in total. The maximum absolute atomic E-state index is 11.4. The van der Waals surface area contributed by atoms with Gasteiger partial charge in [-0.05, 0) is 78.9 Å². The molecule has 3 aromatic rings. The minimum atomic E-state index is -0.150. The van der Waals surface area contributed by atoms with Crippen molar-refractivity contribution in [1.29, 1.82) is 0 Å². The molecule has 1 aromatic carbocycles. The fraction of sp³-hybridized carbons (Fsp3) is 0.538. The summed E-state index contributed by atoms with van der Waals surface area (Å²) in [7, 11) is 0. The van der Waals surface area contributed by atoms with Crippen LogP contribution in [0.2, 0.25) is 0 Å². The number of rotatable bonds is 4. The second-order valence-corrected chi connectivity index (χ2v) is 10.5. The van der Waals surface area contributed by atoms with Crippen LogP contribution >= 0.6 is 0 Å². The molecule has 0 unspecified atom stereocenters. The summed E-state index contributed by atoms with van der Waals surface area (Å²) in [5.74, 6) is 2.17. The van der Waals surface area contributed by atoms with E-state index in [4.69, 9.17) is 0 Å². The topological polar surface area (TPSA) is 76.1 Å². The van der Waals surface area contributed by atoms with E-state index in [2.05, 4.69) is 23.0 Å². The molecule has 0 aliphatic heterocycles. The molecule has 6 rings (SSSR count). The first-order valence-corrected chi connectivity index (χ1v) is 12.0. The molecule has 2 fully saturated rings. The highest BCUT2D eigenvalue weighted by molar-refractivity contribution is 5.53. The third kappa shape index (κ3) is 3.03. The van der Waals surface area contributed by atoms with Crippen molar-refractivity contribution in [2.24, 2.45) is 17.3 Å². The van der Waals surface area contributed by atoms with Crippen molar-refractivity contribution < 1.29 is 10.2 Å². The standard InChI is InChI=1S/C26H32N4O2/c1-26-7-6-19-20(23(26)4-5-24(26)31)3-2-18-21(19)12-17(13-29-10-8-27-15-29)25(32)22(18)14-30-11-9-28-16-30/h8-12,15-16,19-20,23-24,31-32H,2-7,13-14H2,1H3/t19-,20+,23-,24-,26-/m0/s1. The number of aliphatic hydroxyl groups is 1. The van der Waals surface area contributed by atoms with Crippen LogP contribution < -0.4 is 0 Å². The van der Waals surface area contributed by atoms with Crippen molar-refractivity contribution in [2.45, 2.75) is 70.6 Å². The quantitative estimate of drug-likeness (QED) is 0.651. The number of aromatic hydroxyl groups is 1. The van der Waals surface area contributed by atoms with Gasteiger partial charge in [0.1, 0.15) is 5.75 Å². The average Bonchev–Trinajstić information content (AvgIpc) is 3.54. The number of hydrogen-bond donors (Lipinski definition) is 2. The van der Waals surface area contributed by atoms with Crippen molar-refractivity contribution in [1.82, 2.24) is 19.1 Å². The molecular weight excluding hydrogens is 400 g/mol. The van der Waals surface area contributed by atoms with Gasteiger partial charge in [0.05, 0.1) is 31.8 Å². The molecule has 6 nitrogen and oxygen atoms in total. The van der Waals surface area contributed by atoms with Crippen LogP contribution in [0, 0.1) is 17.3 Å². The zero-order valence-corrected chi connectivity index (χ0v) is 18.7. The number of fused-ring (bicyclic) bond motifs is 5. The summed E-state index contributed by atoms with van der Waals surface area (Å²) >= 11 is 0. The first-order valence-electron chi connectivity index (χ1n) is 12.0. The largest absolute Gasteiger partial charge is 0.507 e. The predicted molar refractivity (Wildman–Crippen MR) is 121 cm³/mol. The van der Waals surface area contributed by atoms with E-state index in [0.717, 1.165) is 49.7 Å². The summed E-state index contributed by atoms with van der Waals surface area (Å²) in [6, 6.07) is 2.28. The molecule has 3 aliphatic carbocycles. The van der Waals surface area contributed by atoms with Crippen molar-refractivity contribution in [3.63, 3.8) is 0 Å². The van der Waals surface area contributed by atoms with Gasteiger partial charge in [-0.2, -0.15) is 0 Å². The van der Waals surface area contributed by atoms with Gasteiger partial charge in [0, 0.05) is 35.9 Å². The Balaban J connectivity index is 1.44. The van der Waals surface area contributed by atoms with Gasteiger partial charge in [-0.25, -0.2) is 9.97 Å². The Labute approximate surface area is 189 Å². The van der Waals surface area contributed by atoms with Gasteiger partial charge < -0.3 is 19.3 Å². The fourth-order valence-electron chi connectivity index (χ4n) is 7.27. The van der Waals surface area contributed by atoms with Gasteiger partial charge in [-0.3, -0.25) is 0 Å². The fourth-order valence-corrected chi connectivity index (χ4v) is 7.27. The van der Waals surface area contributed by atoms with E-state index in [1.54, 1.807) is 12.4 Å². The number of aromatic nitrogens is 4. The van der Waals surface area contributed by atoms with Crippen LogP contribution in [-0.2, 0) is 19.5 Å². The molecule has 32 heavy (non-hydrogen) atoms. The van der Waals surface area contributed by atoms with Crippen LogP contribution in [0.3, 0.4) is 0 Å². The lowest BCUT2D eigenvalue weighted by Crippen LogP contribution is -2.44. The van der Waals surface area contributed by atoms with E-state index in [-0.39, 0.29) is 11.5 Å². The molecule has 0 spiro atoms. The summed E-state index contributed by atoms with van der Waals surface area (Å²) in [4.78, 5) is 8.39. The normalized spacial score (nSPS) is 31.2. The van der Waals surface area contributed by atoms with Crippen LogP contribution in [0.4, 0.5) is 0 Å². The molecule has 0 amide bonds. The summed E-state index contributed by atoms with van der Waals surface area (Å²) in [6.07, 6.45) is 17.4. The van der Waals surface area contributed by atoms with Gasteiger partial charge in [0.25, 0.3) is 0 Å². The minimum absolute atomic E-state index is 0.0782. The van der Waals surface area contributed by atoms with Crippen LogP contribution in [0.25, 0.3) is 0 Å². The Bertz CT molecular complexity index is 1110. The first kappa shape index (κ1) is 20.0. The number of phenols is 1. The number of aliphatic hydroxyl groups excluding tert-OH is 1. The van der Waals surface area contributed by atoms with E-state index in [1.165, 1.54) is 11.1 Å². The zero-order valence-electron chi connectivity index (χ0n) is 18.7. The average molecular weight is 433 g/mol. The Hall–Kier alpha value is -2.60. The van der Waals surface area contributed by atoms with Crippen LogP contribution in [0.5, 0.6) is 5.75 Å².